The Hall–Kier alpha value is -2.80. The molecule has 32 heavy (non-hydrogen) atoms. The van der Waals surface area contributed by atoms with Crippen LogP contribution in [0.2, 0.25) is 0 Å². The van der Waals surface area contributed by atoms with E-state index in [1.807, 2.05) is 23.1 Å². The Morgan fingerprint density at radius 1 is 1.12 bits per heavy atom. The van der Waals surface area contributed by atoms with Gasteiger partial charge in [-0.2, -0.15) is 0 Å². The van der Waals surface area contributed by atoms with Gasteiger partial charge >= 0.3 is 0 Å². The number of aromatic nitrogens is 3. The van der Waals surface area contributed by atoms with Gasteiger partial charge in [0, 0.05) is 11.6 Å². The topological polar surface area (TPSA) is 64.2 Å². The number of furan rings is 1. The molecule has 6 nitrogen and oxygen atoms in total. The maximum absolute atomic E-state index is 13.3. The highest BCUT2D eigenvalue weighted by Gasteiger charge is 2.31. The molecule has 5 rings (SSSR count). The van der Waals surface area contributed by atoms with E-state index in [2.05, 4.69) is 45.1 Å². The number of carbonyl (C=O) groups excluding carboxylic acids is 1. The Morgan fingerprint density at radius 3 is 2.72 bits per heavy atom. The lowest BCUT2D eigenvalue weighted by Gasteiger charge is -2.27. The molecule has 0 unspecified atom stereocenters. The first kappa shape index (κ1) is 21.1. The third-order valence-electron chi connectivity index (χ3n) is 6.01. The first-order valence-corrected chi connectivity index (χ1v) is 12.4. The summed E-state index contributed by atoms with van der Waals surface area (Å²) in [7, 11) is 0. The molecule has 3 aromatic rings. The van der Waals surface area contributed by atoms with E-state index < -0.39 is 0 Å². The second kappa shape index (κ2) is 9.77. The van der Waals surface area contributed by atoms with Crippen molar-refractivity contribution in [1.29, 1.82) is 0 Å². The minimum Gasteiger partial charge on any atom is -0.467 e. The van der Waals surface area contributed by atoms with Gasteiger partial charge in [0.2, 0.25) is 5.91 Å². The lowest BCUT2D eigenvalue weighted by atomic mass is 10.0. The van der Waals surface area contributed by atoms with Gasteiger partial charge in [-0.1, -0.05) is 48.2 Å². The Kier molecular flexibility index (Phi) is 6.44. The average Bonchev–Trinajstić information content (AvgIpc) is 3.39. The molecule has 1 aromatic carbocycles. The van der Waals surface area contributed by atoms with Gasteiger partial charge in [-0.25, -0.2) is 0 Å². The zero-order valence-corrected chi connectivity index (χ0v) is 19.0. The number of carbonyl (C=O) groups is 1. The van der Waals surface area contributed by atoms with Crippen LogP contribution in [0.3, 0.4) is 0 Å². The molecule has 1 amide bonds. The Labute approximate surface area is 192 Å². The summed E-state index contributed by atoms with van der Waals surface area (Å²) in [5, 5.41) is 9.77. The maximum atomic E-state index is 13.3. The molecule has 2 heterocycles. The summed E-state index contributed by atoms with van der Waals surface area (Å²) in [6.07, 6.45) is 10.5. The predicted molar refractivity (Wildman–Crippen MR) is 124 cm³/mol. The largest absolute Gasteiger partial charge is 0.467 e. The molecule has 1 fully saturated rings. The molecular weight excluding hydrogens is 420 g/mol. The predicted octanol–water partition coefficient (Wildman–Crippen LogP) is 5.38. The first-order valence-electron chi connectivity index (χ1n) is 11.4. The molecule has 2 aliphatic carbocycles. The highest BCUT2D eigenvalue weighted by atomic mass is 32.2. The molecule has 2 aliphatic rings. The normalized spacial score (nSPS) is 16.1. The fourth-order valence-electron chi connectivity index (χ4n) is 4.14. The van der Waals surface area contributed by atoms with Crippen molar-refractivity contribution in [2.24, 2.45) is 0 Å². The number of nitrogens with zero attached hydrogens (tertiary/aromatic N) is 4. The fourth-order valence-corrected chi connectivity index (χ4v) is 4.96. The zero-order chi connectivity index (χ0) is 21.8. The van der Waals surface area contributed by atoms with Crippen LogP contribution in [0.5, 0.6) is 0 Å². The maximum Gasteiger partial charge on any atom is 0.237 e. The van der Waals surface area contributed by atoms with Crippen LogP contribution in [0.4, 0.5) is 0 Å². The van der Waals surface area contributed by atoms with E-state index in [-0.39, 0.29) is 5.91 Å². The second-order valence-electron chi connectivity index (χ2n) is 8.48. The standard InChI is InChI=1S/C25H28N4O2S/c30-23(28(17-22-12-7-15-31-22)21-10-5-2-6-11-21)18-32-25-27-26-24(20-13-14-20)29(25)16-19-8-3-1-4-9-19/h1,3-4,7-10,12,15,20H,2,5-6,11,13-14,16-18H2. The van der Waals surface area contributed by atoms with E-state index in [9.17, 15) is 4.79 Å². The fraction of sp³-hybridized carbons (Fsp3) is 0.400. The highest BCUT2D eigenvalue weighted by Crippen LogP contribution is 2.40. The molecule has 2 aromatic heterocycles. The van der Waals surface area contributed by atoms with Crippen LogP contribution >= 0.6 is 11.8 Å². The number of allylic oxidation sites excluding steroid dienone is 2. The number of hydrogen-bond donors (Lipinski definition) is 0. The summed E-state index contributed by atoms with van der Waals surface area (Å²) >= 11 is 1.49. The van der Waals surface area contributed by atoms with Crippen LogP contribution < -0.4 is 0 Å². The number of hydrogen-bond acceptors (Lipinski definition) is 5. The second-order valence-corrected chi connectivity index (χ2v) is 9.42. The van der Waals surface area contributed by atoms with Gasteiger partial charge in [0.1, 0.15) is 11.6 Å². The van der Waals surface area contributed by atoms with Crippen LogP contribution in [0, 0.1) is 0 Å². The summed E-state index contributed by atoms with van der Waals surface area (Å²) in [5.74, 6) is 2.76. The van der Waals surface area contributed by atoms with Crippen molar-refractivity contribution >= 4 is 17.7 Å². The van der Waals surface area contributed by atoms with Crippen molar-refractivity contribution in [3.8, 4) is 0 Å². The van der Waals surface area contributed by atoms with Crippen LogP contribution in [0.25, 0.3) is 0 Å². The van der Waals surface area contributed by atoms with Crippen molar-refractivity contribution < 1.29 is 9.21 Å². The minimum atomic E-state index is 0.0850. The van der Waals surface area contributed by atoms with Gasteiger partial charge < -0.3 is 13.9 Å². The van der Waals surface area contributed by atoms with Gasteiger partial charge in [0.05, 0.1) is 25.1 Å². The Bertz CT molecular complexity index is 1070. The van der Waals surface area contributed by atoms with E-state index in [0.717, 1.165) is 48.2 Å². The molecular formula is C25H28N4O2S. The average molecular weight is 449 g/mol. The molecule has 0 bridgehead atoms. The van der Waals surface area contributed by atoms with Gasteiger partial charge in [-0.15, -0.1) is 10.2 Å². The molecule has 0 N–H and O–H groups in total. The molecule has 0 atom stereocenters. The van der Waals surface area contributed by atoms with Crippen LogP contribution in [0.15, 0.2) is 70.1 Å². The molecule has 166 valence electrons. The van der Waals surface area contributed by atoms with Crippen molar-refractivity contribution in [1.82, 2.24) is 19.7 Å². The van der Waals surface area contributed by atoms with Gasteiger partial charge in [-0.05, 0) is 56.2 Å². The van der Waals surface area contributed by atoms with E-state index >= 15 is 0 Å². The Balaban J connectivity index is 1.32. The third-order valence-corrected chi connectivity index (χ3v) is 6.96. The number of benzene rings is 1. The zero-order valence-electron chi connectivity index (χ0n) is 18.2. The van der Waals surface area contributed by atoms with Crippen LogP contribution in [-0.4, -0.2) is 31.3 Å². The van der Waals surface area contributed by atoms with Crippen molar-refractivity contribution in [3.63, 3.8) is 0 Å². The SMILES string of the molecule is O=C(CSc1nnc(C2CC2)n1Cc1ccccc1)N(Cc1ccco1)C1=CCCCC1. The minimum absolute atomic E-state index is 0.0850. The van der Waals surface area contributed by atoms with Crippen molar-refractivity contribution in [2.45, 2.75) is 62.7 Å². The highest BCUT2D eigenvalue weighted by molar-refractivity contribution is 7.99. The van der Waals surface area contributed by atoms with E-state index in [1.165, 1.54) is 36.6 Å². The molecule has 7 heteroatoms. The number of thioether (sulfide) groups is 1. The lowest BCUT2D eigenvalue weighted by molar-refractivity contribution is -0.127. The summed E-state index contributed by atoms with van der Waals surface area (Å²) in [6.45, 7) is 1.21. The van der Waals surface area contributed by atoms with Gasteiger partial charge in [0.25, 0.3) is 0 Å². The van der Waals surface area contributed by atoms with Crippen molar-refractivity contribution in [3.05, 3.63) is 77.6 Å². The molecule has 0 radical (unpaired) electrons. The monoisotopic (exact) mass is 448 g/mol. The first-order chi connectivity index (χ1) is 15.8. The Morgan fingerprint density at radius 2 is 2.00 bits per heavy atom. The molecule has 0 aliphatic heterocycles. The number of rotatable bonds is 9. The van der Waals surface area contributed by atoms with Gasteiger partial charge in [0.15, 0.2) is 5.16 Å². The molecule has 0 spiro atoms. The smallest absolute Gasteiger partial charge is 0.237 e. The quantitative estimate of drug-likeness (QED) is 0.412. The van der Waals surface area contributed by atoms with Crippen LogP contribution in [0.1, 0.15) is 61.6 Å². The van der Waals surface area contributed by atoms with E-state index in [4.69, 9.17) is 4.42 Å². The summed E-state index contributed by atoms with van der Waals surface area (Å²) in [6, 6.07) is 14.2. The van der Waals surface area contributed by atoms with E-state index in [1.54, 1.807) is 6.26 Å². The summed E-state index contributed by atoms with van der Waals surface area (Å²) in [5.41, 5.74) is 2.33. The van der Waals surface area contributed by atoms with Gasteiger partial charge in [-0.3, -0.25) is 4.79 Å². The van der Waals surface area contributed by atoms with E-state index in [0.29, 0.717) is 18.2 Å². The number of amides is 1. The molecule has 0 saturated heterocycles. The lowest BCUT2D eigenvalue weighted by Crippen LogP contribution is -2.32. The third kappa shape index (κ3) is 4.99. The van der Waals surface area contributed by atoms with Crippen molar-refractivity contribution in [2.75, 3.05) is 5.75 Å². The van der Waals surface area contributed by atoms with Crippen LogP contribution in [-0.2, 0) is 17.9 Å². The summed E-state index contributed by atoms with van der Waals surface area (Å²) < 4.78 is 7.73. The molecule has 1 saturated carbocycles. The summed E-state index contributed by atoms with van der Waals surface area (Å²) in [4.78, 5) is 15.2.